The summed E-state index contributed by atoms with van der Waals surface area (Å²) in [4.78, 5) is 0. The van der Waals surface area contributed by atoms with Crippen molar-refractivity contribution < 1.29 is 22.7 Å². The lowest BCUT2D eigenvalue weighted by atomic mass is 10.1. The third-order valence-corrected chi connectivity index (χ3v) is 2.35. The maximum atomic E-state index is 13.0. The third-order valence-electron chi connectivity index (χ3n) is 2.35. The zero-order chi connectivity index (χ0) is 12.6. The molecule has 2 nitrogen and oxygen atoms in total. The number of aryl methyl sites for hydroxylation is 1. The Labute approximate surface area is 95.3 Å². The predicted octanol–water partition coefficient (Wildman–Crippen LogP) is 3.09. The fraction of sp³-hybridized carbons (Fsp3) is 0.167. The smallest absolute Gasteiger partial charge is 0.194 e. The molecule has 2 aromatic rings. The molecule has 1 N–H and O–H groups in total. The van der Waals surface area contributed by atoms with Crippen molar-refractivity contribution in [1.29, 1.82) is 0 Å². The number of hydrogen-bond donors (Lipinski definition) is 1. The van der Waals surface area contributed by atoms with Crippen LogP contribution in [0.2, 0.25) is 0 Å². The first-order valence-electron chi connectivity index (χ1n) is 4.88. The molecule has 17 heavy (non-hydrogen) atoms. The second-order valence-corrected chi connectivity index (χ2v) is 3.65. The van der Waals surface area contributed by atoms with Gasteiger partial charge in [-0.3, -0.25) is 0 Å². The molecular weight excluding hydrogens is 233 g/mol. The van der Waals surface area contributed by atoms with Crippen LogP contribution in [0.15, 0.2) is 28.7 Å². The summed E-state index contributed by atoms with van der Waals surface area (Å²) in [6, 6.07) is 4.57. The van der Waals surface area contributed by atoms with E-state index in [1.807, 2.05) is 0 Å². The molecule has 0 bridgehead atoms. The summed E-state index contributed by atoms with van der Waals surface area (Å²) in [5.41, 5.74) is -0.101. The van der Waals surface area contributed by atoms with Gasteiger partial charge in [0, 0.05) is 0 Å². The zero-order valence-corrected chi connectivity index (χ0v) is 8.88. The highest BCUT2D eigenvalue weighted by Gasteiger charge is 2.19. The minimum Gasteiger partial charge on any atom is -0.463 e. The molecule has 1 heterocycles. The Balaban J connectivity index is 2.41. The van der Waals surface area contributed by atoms with Gasteiger partial charge < -0.3 is 9.52 Å². The molecule has 0 aliphatic carbocycles. The van der Waals surface area contributed by atoms with Gasteiger partial charge in [0.15, 0.2) is 17.5 Å². The lowest BCUT2D eigenvalue weighted by molar-refractivity contribution is 0.186. The molecule has 2 rings (SSSR count). The largest absolute Gasteiger partial charge is 0.463 e. The lowest BCUT2D eigenvalue weighted by Gasteiger charge is -2.09. The summed E-state index contributed by atoms with van der Waals surface area (Å²) in [7, 11) is 0. The van der Waals surface area contributed by atoms with Gasteiger partial charge in [-0.1, -0.05) is 0 Å². The molecule has 1 atom stereocenters. The van der Waals surface area contributed by atoms with Crippen molar-refractivity contribution in [3.05, 3.63) is 58.8 Å². The van der Waals surface area contributed by atoms with Gasteiger partial charge in [0.1, 0.15) is 17.6 Å². The van der Waals surface area contributed by atoms with Crippen LogP contribution in [0.4, 0.5) is 13.2 Å². The van der Waals surface area contributed by atoms with E-state index < -0.39 is 23.6 Å². The Morgan fingerprint density at radius 2 is 1.71 bits per heavy atom. The van der Waals surface area contributed by atoms with Gasteiger partial charge >= 0.3 is 0 Å². The van der Waals surface area contributed by atoms with E-state index in [9.17, 15) is 18.3 Å². The van der Waals surface area contributed by atoms with Gasteiger partial charge in [-0.2, -0.15) is 0 Å². The van der Waals surface area contributed by atoms with Crippen molar-refractivity contribution in [3.8, 4) is 0 Å². The normalized spacial score (nSPS) is 12.8. The van der Waals surface area contributed by atoms with Gasteiger partial charge in [0.25, 0.3) is 0 Å². The van der Waals surface area contributed by atoms with E-state index in [0.29, 0.717) is 5.76 Å². The summed E-state index contributed by atoms with van der Waals surface area (Å²) < 4.78 is 43.8. The summed E-state index contributed by atoms with van der Waals surface area (Å²) in [5.74, 6) is -3.55. The molecule has 5 heteroatoms. The summed E-state index contributed by atoms with van der Waals surface area (Å²) in [6.45, 7) is 1.67. The fourth-order valence-corrected chi connectivity index (χ4v) is 1.50. The molecule has 0 aliphatic rings. The monoisotopic (exact) mass is 242 g/mol. The van der Waals surface area contributed by atoms with Crippen LogP contribution in [0.1, 0.15) is 23.2 Å². The molecule has 0 spiro atoms. The highest BCUT2D eigenvalue weighted by Crippen LogP contribution is 2.26. The molecule has 90 valence electrons. The molecule has 0 unspecified atom stereocenters. The van der Waals surface area contributed by atoms with Crippen LogP contribution in [0.3, 0.4) is 0 Å². The standard InChI is InChI=1S/C12H9F3O2/c1-6-2-3-10(17-6)12(16)7-4-8(13)11(15)9(14)5-7/h2-5,12,16H,1H3/t12-/m0/s1. The number of hydrogen-bond acceptors (Lipinski definition) is 2. The van der Waals surface area contributed by atoms with Crippen molar-refractivity contribution in [1.82, 2.24) is 0 Å². The van der Waals surface area contributed by atoms with Crippen molar-refractivity contribution in [3.63, 3.8) is 0 Å². The summed E-state index contributed by atoms with van der Waals surface area (Å²) in [5, 5.41) is 9.80. The second kappa shape index (κ2) is 4.25. The van der Waals surface area contributed by atoms with Crippen LogP contribution in [0, 0.1) is 24.4 Å². The fourth-order valence-electron chi connectivity index (χ4n) is 1.50. The summed E-state index contributed by atoms with van der Waals surface area (Å²) >= 11 is 0. The molecule has 0 amide bonds. The van der Waals surface area contributed by atoms with Gasteiger partial charge in [0.2, 0.25) is 0 Å². The molecule has 0 saturated carbocycles. The van der Waals surface area contributed by atoms with Gasteiger partial charge in [0.05, 0.1) is 0 Å². The van der Waals surface area contributed by atoms with Crippen LogP contribution in [-0.2, 0) is 0 Å². The maximum Gasteiger partial charge on any atom is 0.194 e. The highest BCUT2D eigenvalue weighted by atomic mass is 19.2. The molecular formula is C12H9F3O2. The zero-order valence-electron chi connectivity index (χ0n) is 8.88. The number of furan rings is 1. The van der Waals surface area contributed by atoms with E-state index in [0.717, 1.165) is 12.1 Å². The van der Waals surface area contributed by atoms with Crippen molar-refractivity contribution in [2.24, 2.45) is 0 Å². The van der Waals surface area contributed by atoms with E-state index in [4.69, 9.17) is 4.42 Å². The Hall–Kier alpha value is -1.75. The van der Waals surface area contributed by atoms with Crippen LogP contribution < -0.4 is 0 Å². The molecule has 1 aromatic heterocycles. The first-order valence-corrected chi connectivity index (χ1v) is 4.88. The first-order chi connectivity index (χ1) is 7.99. The van der Waals surface area contributed by atoms with E-state index in [1.54, 1.807) is 13.0 Å². The average Bonchev–Trinajstić information content (AvgIpc) is 2.71. The third kappa shape index (κ3) is 2.19. The van der Waals surface area contributed by atoms with E-state index in [2.05, 4.69) is 0 Å². The van der Waals surface area contributed by atoms with Crippen molar-refractivity contribution >= 4 is 0 Å². The molecule has 0 aliphatic heterocycles. The topological polar surface area (TPSA) is 33.4 Å². The van der Waals surface area contributed by atoms with E-state index in [-0.39, 0.29) is 11.3 Å². The highest BCUT2D eigenvalue weighted by molar-refractivity contribution is 5.27. The summed E-state index contributed by atoms with van der Waals surface area (Å²) in [6.07, 6.45) is -1.33. The van der Waals surface area contributed by atoms with Gasteiger partial charge in [-0.05, 0) is 36.8 Å². The van der Waals surface area contributed by atoms with Gasteiger partial charge in [-0.25, -0.2) is 13.2 Å². The molecule has 0 fully saturated rings. The van der Waals surface area contributed by atoms with Crippen molar-refractivity contribution in [2.75, 3.05) is 0 Å². The van der Waals surface area contributed by atoms with E-state index in [1.165, 1.54) is 6.07 Å². The van der Waals surface area contributed by atoms with Crippen LogP contribution >= 0.6 is 0 Å². The maximum absolute atomic E-state index is 13.0. The van der Waals surface area contributed by atoms with E-state index >= 15 is 0 Å². The number of aliphatic hydroxyl groups excluding tert-OH is 1. The Kier molecular flexibility index (Phi) is 2.93. The van der Waals surface area contributed by atoms with Crippen LogP contribution in [0.25, 0.3) is 0 Å². The number of rotatable bonds is 2. The van der Waals surface area contributed by atoms with Crippen LogP contribution in [0.5, 0.6) is 0 Å². The Morgan fingerprint density at radius 1 is 1.12 bits per heavy atom. The minimum absolute atomic E-state index is 0.101. The number of benzene rings is 1. The first kappa shape index (κ1) is 11.7. The number of halogens is 3. The second-order valence-electron chi connectivity index (χ2n) is 3.65. The van der Waals surface area contributed by atoms with Crippen LogP contribution in [-0.4, -0.2) is 5.11 Å². The number of aliphatic hydroxyl groups is 1. The van der Waals surface area contributed by atoms with Crippen molar-refractivity contribution in [2.45, 2.75) is 13.0 Å². The predicted molar refractivity (Wildman–Crippen MR) is 53.8 cm³/mol. The Bertz CT molecular complexity index is 525. The molecule has 1 aromatic carbocycles. The quantitative estimate of drug-likeness (QED) is 0.821. The minimum atomic E-state index is -1.56. The SMILES string of the molecule is Cc1ccc([C@@H](O)c2cc(F)c(F)c(F)c2)o1. The average molecular weight is 242 g/mol. The lowest BCUT2D eigenvalue weighted by Crippen LogP contribution is -2.02. The Morgan fingerprint density at radius 3 is 2.18 bits per heavy atom. The van der Waals surface area contributed by atoms with Gasteiger partial charge in [-0.15, -0.1) is 0 Å². The molecule has 0 saturated heterocycles. The molecule has 0 radical (unpaired) electrons.